The van der Waals surface area contributed by atoms with Crippen molar-refractivity contribution < 1.29 is 8.81 Å². The summed E-state index contributed by atoms with van der Waals surface area (Å²) >= 11 is 0. The molecule has 1 aliphatic carbocycles. The Kier molecular flexibility index (Phi) is 8.24. The smallest absolute Gasteiger partial charge is 0.191 e. The zero-order valence-electron chi connectivity index (χ0n) is 14.2. The Hall–Kier alpha value is -1.57. The first-order valence-corrected chi connectivity index (χ1v) is 8.61. The Labute approximate surface area is 165 Å². The Balaban J connectivity index is 0.00000225. The predicted octanol–water partition coefficient (Wildman–Crippen LogP) is 4.26. The van der Waals surface area contributed by atoms with E-state index in [1.165, 1.54) is 37.8 Å². The molecule has 0 aliphatic heterocycles. The summed E-state index contributed by atoms with van der Waals surface area (Å²) in [4.78, 5) is 4.61. The first kappa shape index (κ1) is 19.8. The molecule has 136 valence electrons. The number of rotatable bonds is 6. The molecule has 0 unspecified atom stereocenters. The zero-order valence-corrected chi connectivity index (χ0v) is 16.5. The molecular formula is C19H25FIN3O. The van der Waals surface area contributed by atoms with Gasteiger partial charge in [-0.25, -0.2) is 9.38 Å². The molecule has 25 heavy (non-hydrogen) atoms. The predicted molar refractivity (Wildman–Crippen MR) is 109 cm³/mol. The van der Waals surface area contributed by atoms with Gasteiger partial charge in [-0.3, -0.25) is 0 Å². The average Bonchev–Trinajstić information content (AvgIpc) is 3.26. The summed E-state index contributed by atoms with van der Waals surface area (Å²) < 4.78 is 18.6. The number of hydrogen-bond donors (Lipinski definition) is 2. The maximum absolute atomic E-state index is 13.3. The lowest BCUT2D eigenvalue weighted by atomic mass is 10.2. The molecule has 0 atom stereocenters. The van der Waals surface area contributed by atoms with Gasteiger partial charge >= 0.3 is 0 Å². The minimum atomic E-state index is -0.223. The lowest BCUT2D eigenvalue weighted by Crippen LogP contribution is -2.43. The molecule has 6 heteroatoms. The lowest BCUT2D eigenvalue weighted by Gasteiger charge is -2.17. The van der Waals surface area contributed by atoms with Gasteiger partial charge in [0.25, 0.3) is 0 Å². The SMILES string of the molecule is Fc1cccc(CN=C(NCCc2ccco2)NC2CCCC2)c1.I. The van der Waals surface area contributed by atoms with Crippen LogP contribution in [-0.4, -0.2) is 18.5 Å². The van der Waals surface area contributed by atoms with E-state index < -0.39 is 0 Å². The van der Waals surface area contributed by atoms with Gasteiger partial charge in [0.1, 0.15) is 11.6 Å². The Morgan fingerprint density at radius 1 is 1.20 bits per heavy atom. The summed E-state index contributed by atoms with van der Waals surface area (Å²) in [6, 6.07) is 10.9. The molecule has 0 spiro atoms. The molecule has 2 aromatic rings. The summed E-state index contributed by atoms with van der Waals surface area (Å²) in [6.07, 6.45) is 7.38. The molecule has 1 aromatic heterocycles. The molecule has 1 fully saturated rings. The maximum atomic E-state index is 13.3. The minimum Gasteiger partial charge on any atom is -0.469 e. The van der Waals surface area contributed by atoms with Crippen LogP contribution in [0.15, 0.2) is 52.1 Å². The van der Waals surface area contributed by atoms with E-state index in [9.17, 15) is 4.39 Å². The molecule has 1 aliphatic rings. The van der Waals surface area contributed by atoms with Crippen molar-refractivity contribution in [3.05, 3.63) is 59.8 Å². The van der Waals surface area contributed by atoms with Crippen molar-refractivity contribution in [1.82, 2.24) is 10.6 Å². The summed E-state index contributed by atoms with van der Waals surface area (Å²) in [6.45, 7) is 1.20. The number of hydrogen-bond acceptors (Lipinski definition) is 2. The van der Waals surface area contributed by atoms with Crippen molar-refractivity contribution >= 4 is 29.9 Å². The van der Waals surface area contributed by atoms with E-state index in [0.29, 0.717) is 12.6 Å². The molecule has 4 nitrogen and oxygen atoms in total. The van der Waals surface area contributed by atoms with Crippen LogP contribution in [-0.2, 0) is 13.0 Å². The topological polar surface area (TPSA) is 49.6 Å². The van der Waals surface area contributed by atoms with Gasteiger partial charge in [-0.1, -0.05) is 25.0 Å². The molecule has 0 radical (unpaired) electrons. The average molecular weight is 457 g/mol. The number of nitrogens with one attached hydrogen (secondary N) is 2. The van der Waals surface area contributed by atoms with Crippen LogP contribution in [0, 0.1) is 5.82 Å². The van der Waals surface area contributed by atoms with Crippen molar-refractivity contribution in [2.24, 2.45) is 4.99 Å². The monoisotopic (exact) mass is 457 g/mol. The van der Waals surface area contributed by atoms with Gasteiger partial charge in [0.15, 0.2) is 5.96 Å². The molecule has 2 N–H and O–H groups in total. The van der Waals surface area contributed by atoms with Crippen LogP contribution in [0.5, 0.6) is 0 Å². The van der Waals surface area contributed by atoms with Gasteiger partial charge in [-0.2, -0.15) is 0 Å². The van der Waals surface area contributed by atoms with E-state index in [1.807, 2.05) is 18.2 Å². The molecule has 1 saturated carbocycles. The first-order valence-electron chi connectivity index (χ1n) is 8.61. The van der Waals surface area contributed by atoms with Crippen molar-refractivity contribution in [2.75, 3.05) is 6.54 Å². The fraction of sp³-hybridized carbons (Fsp3) is 0.421. The van der Waals surface area contributed by atoms with Gasteiger partial charge < -0.3 is 15.1 Å². The largest absolute Gasteiger partial charge is 0.469 e. The highest BCUT2D eigenvalue weighted by Crippen LogP contribution is 2.17. The van der Waals surface area contributed by atoms with E-state index in [4.69, 9.17) is 4.42 Å². The standard InChI is InChI=1S/C19H24FN3O.HI/c20-16-6-3-5-15(13-16)14-22-19(23-17-7-1-2-8-17)21-11-10-18-9-4-12-24-18;/h3-6,9,12-13,17H,1-2,7-8,10-11,14H2,(H2,21,22,23);1H. The van der Waals surface area contributed by atoms with Crippen LogP contribution in [0.4, 0.5) is 4.39 Å². The van der Waals surface area contributed by atoms with Gasteiger partial charge in [0, 0.05) is 19.0 Å². The molecule has 3 rings (SSSR count). The van der Waals surface area contributed by atoms with Gasteiger partial charge in [0.05, 0.1) is 12.8 Å². The van der Waals surface area contributed by atoms with E-state index in [-0.39, 0.29) is 29.8 Å². The summed E-state index contributed by atoms with van der Waals surface area (Å²) in [7, 11) is 0. The number of aliphatic imine (C=N–C) groups is 1. The van der Waals surface area contributed by atoms with E-state index in [0.717, 1.165) is 30.2 Å². The number of furan rings is 1. The van der Waals surface area contributed by atoms with Crippen molar-refractivity contribution in [1.29, 1.82) is 0 Å². The van der Waals surface area contributed by atoms with Crippen LogP contribution in [0.1, 0.15) is 37.0 Å². The van der Waals surface area contributed by atoms with Crippen LogP contribution < -0.4 is 10.6 Å². The third-order valence-corrected chi connectivity index (χ3v) is 4.25. The molecule has 1 heterocycles. The highest BCUT2D eigenvalue weighted by Gasteiger charge is 2.16. The molecular weight excluding hydrogens is 432 g/mol. The van der Waals surface area contributed by atoms with Gasteiger partial charge in [-0.05, 0) is 42.7 Å². The quantitative estimate of drug-likeness (QED) is 0.387. The Morgan fingerprint density at radius 3 is 2.76 bits per heavy atom. The Morgan fingerprint density at radius 2 is 2.04 bits per heavy atom. The van der Waals surface area contributed by atoms with Gasteiger partial charge in [0.2, 0.25) is 0 Å². The first-order chi connectivity index (χ1) is 11.8. The second-order valence-corrected chi connectivity index (χ2v) is 6.18. The summed E-state index contributed by atoms with van der Waals surface area (Å²) in [5, 5.41) is 6.85. The van der Waals surface area contributed by atoms with Crippen molar-refractivity contribution in [3.63, 3.8) is 0 Å². The summed E-state index contributed by atoms with van der Waals surface area (Å²) in [5.74, 6) is 1.52. The van der Waals surface area contributed by atoms with Crippen molar-refractivity contribution in [3.8, 4) is 0 Å². The second kappa shape index (κ2) is 10.4. The number of benzene rings is 1. The minimum absolute atomic E-state index is 0. The van der Waals surface area contributed by atoms with Crippen LogP contribution in [0.3, 0.4) is 0 Å². The number of nitrogens with zero attached hydrogens (tertiary/aromatic N) is 1. The number of guanidine groups is 1. The van der Waals surface area contributed by atoms with E-state index in [2.05, 4.69) is 15.6 Å². The highest BCUT2D eigenvalue weighted by molar-refractivity contribution is 14.0. The maximum Gasteiger partial charge on any atom is 0.191 e. The fourth-order valence-electron chi connectivity index (χ4n) is 2.98. The number of halogens is 2. The normalized spacial score (nSPS) is 15.0. The Bertz CT molecular complexity index is 654. The van der Waals surface area contributed by atoms with Crippen LogP contribution in [0.25, 0.3) is 0 Å². The third kappa shape index (κ3) is 6.68. The molecule has 0 amide bonds. The third-order valence-electron chi connectivity index (χ3n) is 4.25. The van der Waals surface area contributed by atoms with Crippen molar-refractivity contribution in [2.45, 2.75) is 44.7 Å². The van der Waals surface area contributed by atoms with Crippen LogP contribution >= 0.6 is 24.0 Å². The summed E-state index contributed by atoms with van der Waals surface area (Å²) in [5.41, 5.74) is 0.869. The van der Waals surface area contributed by atoms with E-state index in [1.54, 1.807) is 12.3 Å². The second-order valence-electron chi connectivity index (χ2n) is 6.18. The van der Waals surface area contributed by atoms with Gasteiger partial charge in [-0.15, -0.1) is 24.0 Å². The molecule has 0 saturated heterocycles. The molecule has 0 bridgehead atoms. The van der Waals surface area contributed by atoms with Crippen LogP contribution in [0.2, 0.25) is 0 Å². The zero-order chi connectivity index (χ0) is 16.6. The highest BCUT2D eigenvalue weighted by atomic mass is 127. The lowest BCUT2D eigenvalue weighted by molar-refractivity contribution is 0.506. The fourth-order valence-corrected chi connectivity index (χ4v) is 2.98. The molecule has 1 aromatic carbocycles. The van der Waals surface area contributed by atoms with E-state index >= 15 is 0 Å².